The molecule has 1 saturated heterocycles. The Labute approximate surface area is 44.1 Å². The van der Waals surface area contributed by atoms with Crippen molar-refractivity contribution < 1.29 is 4.74 Å². The second-order valence-corrected chi connectivity index (χ2v) is 2.38. The molecule has 0 aliphatic carbocycles. The van der Waals surface area contributed by atoms with Crippen molar-refractivity contribution in [2.24, 2.45) is 0 Å². The quantitative estimate of drug-likeness (QED) is 0.272. The molecule has 1 fully saturated rings. The molecule has 1 aliphatic heterocycles. The third-order valence-electron chi connectivity index (χ3n) is 0.417. The van der Waals surface area contributed by atoms with Crippen molar-refractivity contribution in [3.8, 4) is 0 Å². The number of halogens is 1. The minimum absolute atomic E-state index is 0.00463. The molecule has 0 N–H and O–H groups in total. The molecule has 1 aliphatic rings. The van der Waals surface area contributed by atoms with Crippen molar-refractivity contribution in [3.05, 3.63) is 0 Å². The van der Waals surface area contributed by atoms with E-state index in [1.54, 1.807) is 0 Å². The van der Waals surface area contributed by atoms with E-state index < -0.39 is 0 Å². The zero-order valence-electron chi connectivity index (χ0n) is 2.39. The van der Waals surface area contributed by atoms with Crippen molar-refractivity contribution in [2.75, 3.05) is 0 Å². The molecule has 0 amide bonds. The van der Waals surface area contributed by atoms with Gasteiger partial charge in [-0.15, -0.1) is 0 Å². The van der Waals surface area contributed by atoms with Gasteiger partial charge in [-0.1, -0.05) is 0 Å². The Kier molecular flexibility index (Phi) is 0.911. The maximum atomic E-state index is 5.30. The first kappa shape index (κ1) is 3.98. The fraction of sp³-hybridized carbons (Fsp3) is 1.00. The molecule has 0 spiro atoms. The van der Waals surface area contributed by atoms with Crippen molar-refractivity contribution in [1.29, 1.82) is 0 Å². The SMILES string of the molecule is Cl[C@@H]1O[C@H]1[As]. The number of ether oxygens (including phenoxy) is 1. The molecule has 2 atom stereocenters. The molecule has 1 heterocycles. The molecule has 3 heteroatoms. The van der Waals surface area contributed by atoms with E-state index >= 15 is 0 Å². The summed E-state index contributed by atoms with van der Waals surface area (Å²) in [7, 11) is 0. The van der Waals surface area contributed by atoms with E-state index in [-0.39, 0.29) is 10.5 Å². The molecule has 0 saturated carbocycles. The van der Waals surface area contributed by atoms with Crippen LogP contribution in [-0.4, -0.2) is 27.3 Å². The normalized spacial score (nSPS) is 49.2. The Morgan fingerprint density at radius 3 is 2.00 bits per heavy atom. The maximum absolute atomic E-state index is 5.30. The van der Waals surface area contributed by atoms with Crippen LogP contribution in [0.25, 0.3) is 0 Å². The van der Waals surface area contributed by atoms with Gasteiger partial charge in [0.2, 0.25) is 0 Å². The van der Waals surface area contributed by atoms with Crippen molar-refractivity contribution in [2.45, 2.75) is 10.5 Å². The third-order valence-corrected chi connectivity index (χ3v) is 1.96. The van der Waals surface area contributed by atoms with Gasteiger partial charge in [-0.2, -0.15) is 0 Å². The van der Waals surface area contributed by atoms with Gasteiger partial charge >= 0.3 is 43.6 Å². The average Bonchev–Trinajstić information content (AvgIpc) is 1.79. The van der Waals surface area contributed by atoms with Crippen LogP contribution in [0.1, 0.15) is 0 Å². The first-order valence-electron chi connectivity index (χ1n) is 1.28. The molecule has 1 nitrogen and oxygen atoms in total. The third kappa shape index (κ3) is 0.818. The molecule has 5 heavy (non-hydrogen) atoms. The summed E-state index contributed by atoms with van der Waals surface area (Å²) in [4.78, 5) is 0.254. The van der Waals surface area contributed by atoms with E-state index in [4.69, 9.17) is 11.6 Å². The molecule has 0 bridgehead atoms. The Bertz CT molecular complexity index is 42.9. The van der Waals surface area contributed by atoms with Crippen LogP contribution in [0.4, 0.5) is 0 Å². The first-order chi connectivity index (χ1) is 2.30. The van der Waals surface area contributed by atoms with Gasteiger partial charge in [0.25, 0.3) is 0 Å². The van der Waals surface area contributed by atoms with Gasteiger partial charge in [0.15, 0.2) is 0 Å². The van der Waals surface area contributed by atoms with Gasteiger partial charge in [-0.3, -0.25) is 0 Å². The summed E-state index contributed by atoms with van der Waals surface area (Å²) in [5.74, 6) is 0. The molecule has 28 valence electrons. The molecule has 1 rings (SSSR count). The fourth-order valence-corrected chi connectivity index (χ4v) is 0.630. The number of hydrogen-bond acceptors (Lipinski definition) is 1. The number of alkyl halides is 1. The van der Waals surface area contributed by atoms with Gasteiger partial charge in [-0.25, -0.2) is 0 Å². The van der Waals surface area contributed by atoms with Crippen LogP contribution in [0.15, 0.2) is 0 Å². The van der Waals surface area contributed by atoms with Gasteiger partial charge in [0.05, 0.1) is 0 Å². The van der Waals surface area contributed by atoms with E-state index in [1.165, 1.54) is 0 Å². The van der Waals surface area contributed by atoms with E-state index in [1.807, 2.05) is 0 Å². The van der Waals surface area contributed by atoms with Gasteiger partial charge in [0.1, 0.15) is 0 Å². The summed E-state index contributed by atoms with van der Waals surface area (Å²) in [6.45, 7) is 0. The van der Waals surface area contributed by atoms with Crippen LogP contribution < -0.4 is 0 Å². The van der Waals surface area contributed by atoms with Gasteiger partial charge in [0, 0.05) is 0 Å². The van der Waals surface area contributed by atoms with E-state index in [9.17, 15) is 0 Å². The van der Waals surface area contributed by atoms with Crippen LogP contribution in [0.5, 0.6) is 0 Å². The zero-order valence-corrected chi connectivity index (χ0v) is 5.02. The Hall–Kier alpha value is 0.808. The Morgan fingerprint density at radius 2 is 2.00 bits per heavy atom. The van der Waals surface area contributed by atoms with Gasteiger partial charge < -0.3 is 0 Å². The second-order valence-electron chi connectivity index (χ2n) is 0.878. The first-order valence-corrected chi connectivity index (χ1v) is 2.80. The predicted octanol–water partition coefficient (Wildman–Crippen LogP) is 0.0761. The van der Waals surface area contributed by atoms with Crippen LogP contribution in [-0.2, 0) is 4.74 Å². The standard InChI is InChI=1S/C2H2AsClO/c3-1-2(4)5-1/h1-2H/t1-,2-/m1/s1. The Balaban J connectivity index is 2.20. The number of hydrogen-bond donors (Lipinski definition) is 0. The van der Waals surface area contributed by atoms with Crippen molar-refractivity contribution in [3.63, 3.8) is 0 Å². The van der Waals surface area contributed by atoms with Crippen LogP contribution in [0.2, 0.25) is 0 Å². The fourth-order valence-electron chi connectivity index (χ4n) is 0.0878. The van der Waals surface area contributed by atoms with Crippen LogP contribution in [0.3, 0.4) is 0 Å². The number of epoxide rings is 1. The Morgan fingerprint density at radius 1 is 1.80 bits per heavy atom. The second kappa shape index (κ2) is 1.14. The van der Waals surface area contributed by atoms with E-state index in [2.05, 4.69) is 21.6 Å². The summed E-state index contributed by atoms with van der Waals surface area (Å²) < 4.78 is 4.65. The average molecular weight is 152 g/mol. The number of rotatable bonds is 0. The van der Waals surface area contributed by atoms with E-state index in [0.29, 0.717) is 0 Å². The van der Waals surface area contributed by atoms with Crippen LogP contribution in [0, 0.1) is 0 Å². The molecule has 0 unspecified atom stereocenters. The molecule has 0 aromatic rings. The predicted molar refractivity (Wildman–Crippen MR) is 20.3 cm³/mol. The van der Waals surface area contributed by atoms with E-state index in [0.717, 1.165) is 0 Å². The monoisotopic (exact) mass is 152 g/mol. The molecule has 0 aromatic heterocycles. The molecule has 0 aromatic carbocycles. The summed E-state index contributed by atoms with van der Waals surface area (Å²) in [6, 6.07) is 0. The molecular formula is C2H2AsClO. The topological polar surface area (TPSA) is 12.5 Å². The van der Waals surface area contributed by atoms with Crippen LogP contribution >= 0.6 is 11.6 Å². The summed E-state index contributed by atoms with van der Waals surface area (Å²) in [6.07, 6.45) is 0. The summed E-state index contributed by atoms with van der Waals surface area (Å²) in [5.41, 5.74) is -0.00463. The minimum atomic E-state index is -0.00463. The van der Waals surface area contributed by atoms with Crippen molar-refractivity contribution in [1.82, 2.24) is 0 Å². The molecule has 2 radical (unpaired) electrons. The summed E-state index contributed by atoms with van der Waals surface area (Å²) in [5, 5.41) is 0. The molecular weight excluding hydrogens is 150 g/mol. The summed E-state index contributed by atoms with van der Waals surface area (Å²) >= 11 is 7.62. The zero-order chi connectivity index (χ0) is 3.86. The van der Waals surface area contributed by atoms with Gasteiger partial charge in [-0.05, 0) is 0 Å². The van der Waals surface area contributed by atoms with Crippen molar-refractivity contribution >= 4 is 28.5 Å².